The molecule has 0 radical (unpaired) electrons. The Hall–Kier alpha value is -0.980. The van der Waals surface area contributed by atoms with E-state index in [9.17, 15) is 0 Å². The standard InChI is InChI=1S/C13H12BrN3S2/c1-7-6-15-12(18-7)8(2)16-13-17-10-4-3-9(14)5-11(10)19-13/h3-6,8H,1-2H3,(H,16,17). The molecule has 3 aromatic rings. The predicted octanol–water partition coefficient (Wildman–Crippen LogP) is 5.00. The van der Waals surface area contributed by atoms with E-state index in [1.165, 1.54) is 9.58 Å². The van der Waals surface area contributed by atoms with Gasteiger partial charge in [0, 0.05) is 15.5 Å². The lowest BCUT2D eigenvalue weighted by atomic mass is 10.3. The fraction of sp³-hybridized carbons (Fsp3) is 0.231. The molecule has 0 aliphatic carbocycles. The van der Waals surface area contributed by atoms with Crippen molar-refractivity contribution in [3.05, 3.63) is 38.8 Å². The molecule has 19 heavy (non-hydrogen) atoms. The van der Waals surface area contributed by atoms with Crippen molar-refractivity contribution in [1.29, 1.82) is 0 Å². The number of anilines is 1. The first-order valence-corrected chi connectivity index (χ1v) is 8.29. The first-order valence-electron chi connectivity index (χ1n) is 5.87. The minimum absolute atomic E-state index is 0.183. The van der Waals surface area contributed by atoms with E-state index in [-0.39, 0.29) is 6.04 Å². The number of nitrogens with one attached hydrogen (secondary N) is 1. The molecular formula is C13H12BrN3S2. The molecular weight excluding hydrogens is 342 g/mol. The molecule has 6 heteroatoms. The van der Waals surface area contributed by atoms with Crippen LogP contribution in [0.3, 0.4) is 0 Å². The van der Waals surface area contributed by atoms with E-state index in [0.29, 0.717) is 0 Å². The summed E-state index contributed by atoms with van der Waals surface area (Å²) in [5.74, 6) is 0. The van der Waals surface area contributed by atoms with Crippen LogP contribution in [0.2, 0.25) is 0 Å². The third kappa shape index (κ3) is 2.80. The highest BCUT2D eigenvalue weighted by Crippen LogP contribution is 2.31. The zero-order valence-electron chi connectivity index (χ0n) is 10.5. The predicted molar refractivity (Wildman–Crippen MR) is 86.2 cm³/mol. The maximum absolute atomic E-state index is 4.59. The molecule has 0 fully saturated rings. The molecule has 0 aliphatic heterocycles. The van der Waals surface area contributed by atoms with Crippen molar-refractivity contribution < 1.29 is 0 Å². The number of thiazole rings is 2. The first-order chi connectivity index (χ1) is 9.11. The van der Waals surface area contributed by atoms with Gasteiger partial charge in [0.1, 0.15) is 5.01 Å². The lowest BCUT2D eigenvalue weighted by molar-refractivity contribution is 0.868. The minimum atomic E-state index is 0.183. The highest BCUT2D eigenvalue weighted by molar-refractivity contribution is 9.10. The summed E-state index contributed by atoms with van der Waals surface area (Å²) in [6.07, 6.45) is 1.91. The maximum atomic E-state index is 4.59. The number of benzene rings is 1. The van der Waals surface area contributed by atoms with Crippen LogP contribution in [0.4, 0.5) is 5.13 Å². The van der Waals surface area contributed by atoms with Gasteiger partial charge in [-0.25, -0.2) is 9.97 Å². The summed E-state index contributed by atoms with van der Waals surface area (Å²) >= 11 is 6.87. The zero-order valence-corrected chi connectivity index (χ0v) is 13.7. The summed E-state index contributed by atoms with van der Waals surface area (Å²) in [6, 6.07) is 6.32. The van der Waals surface area contributed by atoms with Gasteiger partial charge in [0.2, 0.25) is 0 Å². The lowest BCUT2D eigenvalue weighted by Crippen LogP contribution is -2.05. The fourth-order valence-electron chi connectivity index (χ4n) is 1.78. The molecule has 2 aromatic heterocycles. The van der Waals surface area contributed by atoms with Gasteiger partial charge in [0.05, 0.1) is 16.3 Å². The van der Waals surface area contributed by atoms with Crippen LogP contribution in [0, 0.1) is 6.92 Å². The molecule has 1 unspecified atom stereocenters. The van der Waals surface area contributed by atoms with E-state index in [4.69, 9.17) is 0 Å². The van der Waals surface area contributed by atoms with Crippen molar-refractivity contribution in [3.63, 3.8) is 0 Å². The van der Waals surface area contributed by atoms with Crippen LogP contribution < -0.4 is 5.32 Å². The molecule has 1 aromatic carbocycles. The molecule has 1 atom stereocenters. The van der Waals surface area contributed by atoms with E-state index in [0.717, 1.165) is 20.1 Å². The Morgan fingerprint density at radius 1 is 1.32 bits per heavy atom. The number of hydrogen-bond donors (Lipinski definition) is 1. The van der Waals surface area contributed by atoms with Gasteiger partial charge < -0.3 is 5.32 Å². The van der Waals surface area contributed by atoms with Crippen LogP contribution in [0.25, 0.3) is 10.2 Å². The van der Waals surface area contributed by atoms with Gasteiger partial charge >= 0.3 is 0 Å². The quantitative estimate of drug-likeness (QED) is 0.720. The van der Waals surface area contributed by atoms with Gasteiger partial charge in [-0.3, -0.25) is 0 Å². The van der Waals surface area contributed by atoms with Crippen LogP contribution >= 0.6 is 38.6 Å². The summed E-state index contributed by atoms with van der Waals surface area (Å²) in [5.41, 5.74) is 1.03. The summed E-state index contributed by atoms with van der Waals surface area (Å²) in [4.78, 5) is 10.2. The van der Waals surface area contributed by atoms with Crippen molar-refractivity contribution in [2.45, 2.75) is 19.9 Å². The molecule has 98 valence electrons. The van der Waals surface area contributed by atoms with Crippen molar-refractivity contribution in [2.75, 3.05) is 5.32 Å². The van der Waals surface area contributed by atoms with Crippen LogP contribution in [-0.4, -0.2) is 9.97 Å². The van der Waals surface area contributed by atoms with Gasteiger partial charge in [-0.1, -0.05) is 27.3 Å². The Kier molecular flexibility index (Phi) is 3.56. The number of aromatic nitrogens is 2. The molecule has 0 amide bonds. The Balaban J connectivity index is 1.85. The first kappa shape index (κ1) is 13.0. The molecule has 0 saturated carbocycles. The van der Waals surface area contributed by atoms with Crippen molar-refractivity contribution >= 4 is 54.0 Å². The average Bonchev–Trinajstić information content (AvgIpc) is 2.94. The monoisotopic (exact) mass is 353 g/mol. The van der Waals surface area contributed by atoms with Crippen molar-refractivity contribution in [1.82, 2.24) is 9.97 Å². The Morgan fingerprint density at radius 3 is 2.89 bits per heavy atom. The molecule has 2 heterocycles. The highest BCUT2D eigenvalue weighted by atomic mass is 79.9. The van der Waals surface area contributed by atoms with Gasteiger partial charge in [0.15, 0.2) is 5.13 Å². The van der Waals surface area contributed by atoms with Crippen LogP contribution in [-0.2, 0) is 0 Å². The second kappa shape index (κ2) is 5.19. The number of hydrogen-bond acceptors (Lipinski definition) is 5. The molecule has 0 bridgehead atoms. The molecule has 3 rings (SSSR count). The number of nitrogens with zero attached hydrogens (tertiary/aromatic N) is 2. The van der Waals surface area contributed by atoms with E-state index in [2.05, 4.69) is 51.1 Å². The number of fused-ring (bicyclic) bond motifs is 1. The normalized spacial score (nSPS) is 12.8. The largest absolute Gasteiger partial charge is 0.353 e. The molecule has 3 nitrogen and oxygen atoms in total. The zero-order chi connectivity index (χ0) is 13.4. The van der Waals surface area contributed by atoms with Gasteiger partial charge in [-0.2, -0.15) is 0 Å². The second-order valence-electron chi connectivity index (χ2n) is 4.31. The topological polar surface area (TPSA) is 37.8 Å². The Bertz CT molecular complexity index is 720. The fourth-order valence-corrected chi connectivity index (χ4v) is 4.06. The number of halogens is 1. The van der Waals surface area contributed by atoms with E-state index >= 15 is 0 Å². The molecule has 0 saturated heterocycles. The van der Waals surface area contributed by atoms with Crippen LogP contribution in [0.1, 0.15) is 22.9 Å². The number of rotatable bonds is 3. The van der Waals surface area contributed by atoms with Crippen molar-refractivity contribution in [2.24, 2.45) is 0 Å². The van der Waals surface area contributed by atoms with Gasteiger partial charge in [-0.15, -0.1) is 11.3 Å². The smallest absolute Gasteiger partial charge is 0.184 e. The highest BCUT2D eigenvalue weighted by Gasteiger charge is 2.12. The number of aryl methyl sites for hydroxylation is 1. The van der Waals surface area contributed by atoms with Gasteiger partial charge in [-0.05, 0) is 32.0 Å². The second-order valence-corrected chi connectivity index (χ2v) is 7.52. The average molecular weight is 354 g/mol. The summed E-state index contributed by atoms with van der Waals surface area (Å²) in [7, 11) is 0. The van der Waals surface area contributed by atoms with E-state index in [1.54, 1.807) is 22.7 Å². The Morgan fingerprint density at radius 2 is 2.16 bits per heavy atom. The van der Waals surface area contributed by atoms with E-state index < -0.39 is 0 Å². The minimum Gasteiger partial charge on any atom is -0.353 e. The SMILES string of the molecule is Cc1cnc(C(C)Nc2nc3ccc(Br)cc3s2)s1. The summed E-state index contributed by atoms with van der Waals surface area (Å²) in [6.45, 7) is 4.18. The van der Waals surface area contributed by atoms with Gasteiger partial charge in [0.25, 0.3) is 0 Å². The third-order valence-electron chi connectivity index (χ3n) is 2.70. The molecule has 0 aliphatic rings. The van der Waals surface area contributed by atoms with E-state index in [1.807, 2.05) is 18.3 Å². The molecule has 1 N–H and O–H groups in total. The van der Waals surface area contributed by atoms with Crippen molar-refractivity contribution in [3.8, 4) is 0 Å². The van der Waals surface area contributed by atoms with Crippen LogP contribution in [0.5, 0.6) is 0 Å². The summed E-state index contributed by atoms with van der Waals surface area (Å²) < 4.78 is 2.26. The Labute approximate surface area is 127 Å². The summed E-state index contributed by atoms with van der Waals surface area (Å²) in [5, 5.41) is 5.45. The molecule has 0 spiro atoms. The lowest BCUT2D eigenvalue weighted by Gasteiger charge is -2.08. The third-order valence-corrected chi connectivity index (χ3v) is 5.24. The maximum Gasteiger partial charge on any atom is 0.184 e. The van der Waals surface area contributed by atoms with Crippen LogP contribution in [0.15, 0.2) is 28.9 Å².